The summed E-state index contributed by atoms with van der Waals surface area (Å²) < 4.78 is 0. The van der Waals surface area contributed by atoms with Crippen molar-refractivity contribution in [2.75, 3.05) is 11.5 Å². The summed E-state index contributed by atoms with van der Waals surface area (Å²) in [4.78, 5) is 22.7. The molecule has 0 aromatic heterocycles. The van der Waals surface area contributed by atoms with Crippen LogP contribution in [0.3, 0.4) is 0 Å². The van der Waals surface area contributed by atoms with Crippen molar-refractivity contribution in [3.05, 3.63) is 12.2 Å². The minimum atomic E-state index is -0.772. The number of ketones is 1. The fraction of sp³-hybridized carbons (Fsp3) is 0.810. The van der Waals surface area contributed by atoms with Gasteiger partial charge in [-0.3, -0.25) is 9.59 Å². The van der Waals surface area contributed by atoms with Crippen molar-refractivity contribution in [1.29, 1.82) is 0 Å². The van der Waals surface area contributed by atoms with E-state index in [-0.39, 0.29) is 23.0 Å². The summed E-state index contributed by atoms with van der Waals surface area (Å²) in [6, 6.07) is 0. The van der Waals surface area contributed by atoms with Crippen molar-refractivity contribution < 1.29 is 19.8 Å². The molecule has 0 bridgehead atoms. The van der Waals surface area contributed by atoms with Crippen LogP contribution in [0.1, 0.15) is 72.1 Å². The lowest BCUT2D eigenvalue weighted by Gasteiger charge is -2.29. The summed E-state index contributed by atoms with van der Waals surface area (Å²) in [5.41, 5.74) is -0.133. The van der Waals surface area contributed by atoms with Gasteiger partial charge in [-0.15, -0.1) is 0 Å². The highest BCUT2D eigenvalue weighted by molar-refractivity contribution is 7.99. The van der Waals surface area contributed by atoms with E-state index in [1.807, 2.05) is 6.08 Å². The zero-order chi connectivity index (χ0) is 19.6. The van der Waals surface area contributed by atoms with Gasteiger partial charge in [-0.05, 0) is 42.8 Å². The molecule has 2 N–H and O–H groups in total. The van der Waals surface area contributed by atoms with Crippen LogP contribution in [0.4, 0.5) is 0 Å². The van der Waals surface area contributed by atoms with Crippen LogP contribution in [-0.4, -0.2) is 39.6 Å². The Morgan fingerprint density at radius 1 is 1.35 bits per heavy atom. The third-order valence-electron chi connectivity index (χ3n) is 5.45. The summed E-state index contributed by atoms with van der Waals surface area (Å²) in [6.07, 6.45) is 11.1. The van der Waals surface area contributed by atoms with Crippen molar-refractivity contribution in [3.63, 3.8) is 0 Å². The Kier molecular flexibility index (Phi) is 10.6. The molecule has 0 heterocycles. The van der Waals surface area contributed by atoms with Gasteiger partial charge in [-0.2, -0.15) is 11.8 Å². The molecule has 1 aliphatic rings. The van der Waals surface area contributed by atoms with Crippen LogP contribution in [0.15, 0.2) is 12.2 Å². The molecular formula is C21H36O4S. The van der Waals surface area contributed by atoms with Crippen LogP contribution in [0.5, 0.6) is 0 Å². The summed E-state index contributed by atoms with van der Waals surface area (Å²) in [5.74, 6) is 0.869. The summed E-state index contributed by atoms with van der Waals surface area (Å²) >= 11 is 1.44. The number of carbonyl (C=O) groups excluding carboxylic acids is 1. The largest absolute Gasteiger partial charge is 0.481 e. The fourth-order valence-electron chi connectivity index (χ4n) is 3.56. The molecule has 1 saturated carbocycles. The first-order valence-electron chi connectivity index (χ1n) is 9.96. The third-order valence-corrected chi connectivity index (χ3v) is 6.48. The van der Waals surface area contributed by atoms with Crippen molar-refractivity contribution in [2.45, 2.75) is 78.2 Å². The topological polar surface area (TPSA) is 74.6 Å². The SMILES string of the molecule is CCCCC(C)(C)[C@H](O)/C=C/C1CCC(=O)[C@@H]1CCCCSCC(=O)O. The van der Waals surface area contributed by atoms with Crippen molar-refractivity contribution in [3.8, 4) is 0 Å². The molecule has 0 saturated heterocycles. The number of aliphatic hydroxyl groups excluding tert-OH is 1. The highest BCUT2D eigenvalue weighted by atomic mass is 32.2. The lowest BCUT2D eigenvalue weighted by molar-refractivity contribution is -0.133. The molecule has 0 spiro atoms. The molecule has 1 unspecified atom stereocenters. The Labute approximate surface area is 162 Å². The Morgan fingerprint density at radius 3 is 2.73 bits per heavy atom. The number of allylic oxidation sites excluding steroid dienone is 1. The number of carboxylic acid groups (broad SMARTS) is 1. The maximum absolute atomic E-state index is 12.2. The number of hydrogen-bond donors (Lipinski definition) is 2. The summed E-state index contributed by atoms with van der Waals surface area (Å²) in [6.45, 7) is 6.36. The molecule has 0 aromatic carbocycles. The number of carboxylic acids is 1. The lowest BCUT2D eigenvalue weighted by atomic mass is 9.80. The standard InChI is InChI=1S/C21H36O4S/c1-4-5-13-21(2,3)19(23)12-10-16-9-11-18(22)17(16)8-6-7-14-26-15-20(24)25/h10,12,16-17,19,23H,4-9,11,13-15H2,1-3H3,(H,24,25)/b12-10+/t16?,17-,19-/m1/s1. The minimum absolute atomic E-state index is 0.0710. The second kappa shape index (κ2) is 11.8. The van der Waals surface area contributed by atoms with Gasteiger partial charge in [0.2, 0.25) is 0 Å². The van der Waals surface area contributed by atoms with Gasteiger partial charge in [-0.25, -0.2) is 0 Å². The molecule has 0 amide bonds. The van der Waals surface area contributed by atoms with Gasteiger partial charge in [-0.1, -0.05) is 52.2 Å². The fourth-order valence-corrected chi connectivity index (χ4v) is 4.28. The number of carbonyl (C=O) groups is 2. The number of aliphatic carboxylic acids is 1. The number of unbranched alkanes of at least 4 members (excludes halogenated alkanes) is 2. The first-order chi connectivity index (χ1) is 12.3. The van der Waals surface area contributed by atoms with Crippen LogP contribution in [-0.2, 0) is 9.59 Å². The van der Waals surface area contributed by atoms with Crippen LogP contribution in [0.2, 0.25) is 0 Å². The van der Waals surface area contributed by atoms with Crippen LogP contribution < -0.4 is 0 Å². The average molecular weight is 385 g/mol. The van der Waals surface area contributed by atoms with Gasteiger partial charge in [0.1, 0.15) is 5.78 Å². The predicted molar refractivity (Wildman–Crippen MR) is 108 cm³/mol. The lowest BCUT2D eigenvalue weighted by Crippen LogP contribution is -2.27. The molecule has 1 fully saturated rings. The highest BCUT2D eigenvalue weighted by Gasteiger charge is 2.33. The molecule has 5 heteroatoms. The van der Waals surface area contributed by atoms with Gasteiger partial charge in [0, 0.05) is 12.3 Å². The third kappa shape index (κ3) is 8.26. The second-order valence-corrected chi connectivity index (χ2v) is 9.24. The number of hydrogen-bond acceptors (Lipinski definition) is 4. The quantitative estimate of drug-likeness (QED) is 0.355. The highest BCUT2D eigenvalue weighted by Crippen LogP contribution is 2.35. The molecule has 0 aliphatic heterocycles. The molecule has 1 rings (SSSR count). The minimum Gasteiger partial charge on any atom is -0.481 e. The zero-order valence-electron chi connectivity index (χ0n) is 16.6. The molecule has 4 nitrogen and oxygen atoms in total. The maximum atomic E-state index is 12.2. The van der Waals surface area contributed by atoms with E-state index in [2.05, 4.69) is 26.8 Å². The first kappa shape index (κ1) is 23.2. The van der Waals surface area contributed by atoms with Crippen LogP contribution >= 0.6 is 11.8 Å². The first-order valence-corrected chi connectivity index (χ1v) is 11.1. The van der Waals surface area contributed by atoms with E-state index in [4.69, 9.17) is 5.11 Å². The molecule has 26 heavy (non-hydrogen) atoms. The van der Waals surface area contributed by atoms with Crippen LogP contribution in [0, 0.1) is 17.3 Å². The van der Waals surface area contributed by atoms with E-state index < -0.39 is 12.1 Å². The normalized spacial score (nSPS) is 22.2. The maximum Gasteiger partial charge on any atom is 0.313 e. The van der Waals surface area contributed by atoms with Gasteiger partial charge < -0.3 is 10.2 Å². The summed E-state index contributed by atoms with van der Waals surface area (Å²) in [7, 11) is 0. The van der Waals surface area contributed by atoms with E-state index in [1.54, 1.807) is 0 Å². The van der Waals surface area contributed by atoms with E-state index in [0.717, 1.165) is 50.7 Å². The number of Topliss-reactive ketones (excluding diaryl/α,β-unsaturated/α-hetero) is 1. The van der Waals surface area contributed by atoms with Crippen molar-refractivity contribution in [1.82, 2.24) is 0 Å². The van der Waals surface area contributed by atoms with Gasteiger partial charge >= 0.3 is 5.97 Å². The number of aliphatic hydroxyl groups is 1. The smallest absolute Gasteiger partial charge is 0.313 e. The van der Waals surface area contributed by atoms with E-state index in [9.17, 15) is 14.7 Å². The Balaban J connectivity index is 2.44. The van der Waals surface area contributed by atoms with Crippen molar-refractivity contribution in [2.24, 2.45) is 17.3 Å². The second-order valence-electron chi connectivity index (χ2n) is 8.14. The summed E-state index contributed by atoms with van der Waals surface area (Å²) in [5, 5.41) is 19.1. The molecule has 0 radical (unpaired) electrons. The number of thioether (sulfide) groups is 1. The van der Waals surface area contributed by atoms with Gasteiger partial charge in [0.25, 0.3) is 0 Å². The van der Waals surface area contributed by atoms with E-state index in [0.29, 0.717) is 12.2 Å². The number of rotatable bonds is 13. The molecule has 1 aliphatic carbocycles. The Hall–Kier alpha value is -0.810. The Bertz CT molecular complexity index is 473. The van der Waals surface area contributed by atoms with E-state index in [1.165, 1.54) is 11.8 Å². The van der Waals surface area contributed by atoms with Crippen molar-refractivity contribution >= 4 is 23.5 Å². The van der Waals surface area contributed by atoms with Gasteiger partial charge in [0.05, 0.1) is 11.9 Å². The van der Waals surface area contributed by atoms with E-state index >= 15 is 0 Å². The predicted octanol–water partition coefficient (Wildman–Crippen LogP) is 4.70. The van der Waals surface area contributed by atoms with Crippen LogP contribution in [0.25, 0.3) is 0 Å². The average Bonchev–Trinajstić information content (AvgIpc) is 2.93. The zero-order valence-corrected chi connectivity index (χ0v) is 17.4. The Morgan fingerprint density at radius 2 is 2.08 bits per heavy atom. The molecule has 150 valence electrons. The van der Waals surface area contributed by atoms with Gasteiger partial charge in [0.15, 0.2) is 0 Å². The molecule has 3 atom stereocenters. The molecule has 0 aromatic rings. The molecular weight excluding hydrogens is 348 g/mol. The monoisotopic (exact) mass is 384 g/mol.